The van der Waals surface area contributed by atoms with E-state index in [0.29, 0.717) is 0 Å². The average Bonchev–Trinajstić information content (AvgIpc) is 4.16. The zero-order valence-electron chi connectivity index (χ0n) is 45.6. The van der Waals surface area contributed by atoms with Gasteiger partial charge in [0.05, 0.1) is 5.41 Å². The van der Waals surface area contributed by atoms with Crippen LogP contribution in [0, 0.1) is 0 Å². The third kappa shape index (κ3) is 7.30. The zero-order chi connectivity index (χ0) is 53.7. The highest BCUT2D eigenvalue weighted by Gasteiger charge is 2.47. The molecule has 12 aromatic carbocycles. The Kier molecular flexibility index (Phi) is 10.9. The molecule has 1 heteroatoms. The highest BCUT2D eigenvalue weighted by Crippen LogP contribution is 2.59. The van der Waals surface area contributed by atoms with Gasteiger partial charge in [0.2, 0.25) is 0 Å². The number of hydrogen-bond donors (Lipinski definition) is 0. The quantitative estimate of drug-likeness (QED) is 0.139. The van der Waals surface area contributed by atoms with Crippen LogP contribution in [-0.4, -0.2) is 0 Å². The molecule has 0 amide bonds. The summed E-state index contributed by atoms with van der Waals surface area (Å²) in [6.07, 6.45) is 0. The minimum atomic E-state index is -0.543. The van der Waals surface area contributed by atoms with Gasteiger partial charge in [0.15, 0.2) is 0 Å². The van der Waals surface area contributed by atoms with Gasteiger partial charge in [-0.15, -0.1) is 0 Å². The predicted octanol–water partition coefficient (Wildman–Crippen LogP) is 20.8. The molecule has 380 valence electrons. The second-order valence-electron chi connectivity index (χ2n) is 23.2. The van der Waals surface area contributed by atoms with Gasteiger partial charge in [-0.2, -0.15) is 0 Å². The molecule has 80 heavy (non-hydrogen) atoms. The van der Waals surface area contributed by atoms with E-state index in [4.69, 9.17) is 0 Å². The second-order valence-corrected chi connectivity index (χ2v) is 23.2. The van der Waals surface area contributed by atoms with Crippen LogP contribution < -0.4 is 4.90 Å². The molecule has 3 aliphatic carbocycles. The normalized spacial score (nSPS) is 14.3. The van der Waals surface area contributed by atoms with Gasteiger partial charge in [-0.3, -0.25) is 0 Å². The molecule has 0 spiro atoms. The fourth-order valence-corrected chi connectivity index (χ4v) is 14.1. The summed E-state index contributed by atoms with van der Waals surface area (Å²) in [5.74, 6) is 0. The van der Waals surface area contributed by atoms with Crippen LogP contribution in [0.4, 0.5) is 17.1 Å². The topological polar surface area (TPSA) is 3.24 Å². The number of nitrogens with zero attached hydrogens (tertiary/aromatic N) is 1. The molecule has 12 aromatic rings. The van der Waals surface area contributed by atoms with Gasteiger partial charge in [-0.25, -0.2) is 0 Å². The highest BCUT2D eigenvalue weighted by atomic mass is 15.1. The van der Waals surface area contributed by atoms with E-state index >= 15 is 0 Å². The standard InChI is InChI=1S/C79H59N/c1-77(2)72-47-58(56-33-29-54(30-34-56)52-19-9-5-10-20-52)37-42-66(72)68-44-39-62(49-74(68)77)80(64-41-46-70-65-27-17-18-28-71(65)79(76(70)51-64,60-23-13-7-14-24-60)61-25-15-8-16-26-61)63-40-45-69-67-43-38-59(48-73(67)78(3,4)75(69)50-63)57-35-31-55(32-36-57)53-21-11-6-12-22-53/h5-51H,1-4H3. The minimum Gasteiger partial charge on any atom is -0.310 e. The summed E-state index contributed by atoms with van der Waals surface area (Å²) in [6.45, 7) is 9.65. The van der Waals surface area contributed by atoms with Crippen LogP contribution in [-0.2, 0) is 16.2 Å². The summed E-state index contributed by atoms with van der Waals surface area (Å²) < 4.78 is 0. The number of anilines is 3. The van der Waals surface area contributed by atoms with Crippen LogP contribution >= 0.6 is 0 Å². The molecule has 15 rings (SSSR count). The van der Waals surface area contributed by atoms with E-state index < -0.39 is 5.41 Å². The lowest BCUT2D eigenvalue weighted by molar-refractivity contribution is 0.660. The Bertz CT molecular complexity index is 4130. The molecule has 0 aromatic heterocycles. The molecule has 0 atom stereocenters. The number of fused-ring (bicyclic) bond motifs is 9. The first-order valence-corrected chi connectivity index (χ1v) is 28.2. The molecule has 0 fully saturated rings. The first-order valence-electron chi connectivity index (χ1n) is 28.2. The summed E-state index contributed by atoms with van der Waals surface area (Å²) in [5.41, 5.74) is 30.4. The molecular formula is C79H59N. The molecular weight excluding hydrogens is 963 g/mol. The molecule has 0 unspecified atom stereocenters. The van der Waals surface area contributed by atoms with E-state index in [1.165, 1.54) is 122 Å². The molecule has 0 aliphatic heterocycles. The largest absolute Gasteiger partial charge is 0.310 e. The lowest BCUT2D eigenvalue weighted by Gasteiger charge is -2.35. The van der Waals surface area contributed by atoms with Crippen LogP contribution in [0.25, 0.3) is 77.9 Å². The predicted molar refractivity (Wildman–Crippen MR) is 335 cm³/mol. The van der Waals surface area contributed by atoms with Crippen molar-refractivity contribution in [2.45, 2.75) is 43.9 Å². The summed E-state index contributed by atoms with van der Waals surface area (Å²) in [7, 11) is 0. The number of rotatable bonds is 9. The molecule has 3 aliphatic rings. The van der Waals surface area contributed by atoms with E-state index in [9.17, 15) is 0 Å². The Hall–Kier alpha value is -9.56. The maximum Gasteiger partial charge on any atom is 0.0714 e. The fourth-order valence-electron chi connectivity index (χ4n) is 14.1. The number of benzene rings is 12. The highest BCUT2D eigenvalue weighted by molar-refractivity contribution is 5.93. The van der Waals surface area contributed by atoms with Crippen LogP contribution in [0.3, 0.4) is 0 Å². The van der Waals surface area contributed by atoms with Crippen molar-refractivity contribution < 1.29 is 0 Å². The smallest absolute Gasteiger partial charge is 0.0714 e. The lowest BCUT2D eigenvalue weighted by Crippen LogP contribution is -2.28. The molecule has 0 bridgehead atoms. The molecule has 0 saturated heterocycles. The Morgan fingerprint density at radius 3 is 0.900 bits per heavy atom. The minimum absolute atomic E-state index is 0.261. The second kappa shape index (κ2) is 18.3. The van der Waals surface area contributed by atoms with Gasteiger partial charge < -0.3 is 4.90 Å². The first-order chi connectivity index (χ1) is 39.2. The Labute approximate surface area is 470 Å². The van der Waals surface area contributed by atoms with E-state index in [1.54, 1.807) is 0 Å². The van der Waals surface area contributed by atoms with E-state index in [0.717, 1.165) is 17.1 Å². The molecule has 0 N–H and O–H groups in total. The molecule has 0 radical (unpaired) electrons. The Morgan fingerprint density at radius 2 is 0.487 bits per heavy atom. The van der Waals surface area contributed by atoms with Crippen molar-refractivity contribution in [1.29, 1.82) is 0 Å². The lowest BCUT2D eigenvalue weighted by atomic mass is 9.67. The van der Waals surface area contributed by atoms with Gasteiger partial charge in [0.1, 0.15) is 0 Å². The van der Waals surface area contributed by atoms with Gasteiger partial charge >= 0.3 is 0 Å². The van der Waals surface area contributed by atoms with Crippen molar-refractivity contribution in [3.63, 3.8) is 0 Å². The molecule has 0 heterocycles. The first kappa shape index (κ1) is 47.6. The summed E-state index contributed by atoms with van der Waals surface area (Å²) >= 11 is 0. The van der Waals surface area contributed by atoms with Gasteiger partial charge in [-0.05, 0) is 171 Å². The third-order valence-electron chi connectivity index (χ3n) is 18.2. The van der Waals surface area contributed by atoms with Crippen molar-refractivity contribution in [2.75, 3.05) is 4.90 Å². The van der Waals surface area contributed by atoms with Crippen molar-refractivity contribution in [2.24, 2.45) is 0 Å². The maximum atomic E-state index is 2.54. The third-order valence-corrected chi connectivity index (χ3v) is 18.2. The molecule has 1 nitrogen and oxygen atoms in total. The van der Waals surface area contributed by atoms with E-state index in [1.807, 2.05) is 0 Å². The van der Waals surface area contributed by atoms with Crippen molar-refractivity contribution in [3.05, 3.63) is 330 Å². The van der Waals surface area contributed by atoms with Crippen LogP contribution in [0.15, 0.2) is 285 Å². The molecule has 0 saturated carbocycles. The Balaban J connectivity index is 0.872. The zero-order valence-corrected chi connectivity index (χ0v) is 45.6. The van der Waals surface area contributed by atoms with E-state index in [2.05, 4.69) is 318 Å². The van der Waals surface area contributed by atoms with Gasteiger partial charge in [0.25, 0.3) is 0 Å². The van der Waals surface area contributed by atoms with Crippen LogP contribution in [0.1, 0.15) is 72.2 Å². The average molecular weight is 1020 g/mol. The van der Waals surface area contributed by atoms with Crippen molar-refractivity contribution >= 4 is 17.1 Å². The van der Waals surface area contributed by atoms with Crippen LogP contribution in [0.5, 0.6) is 0 Å². The van der Waals surface area contributed by atoms with Gasteiger partial charge in [-0.1, -0.05) is 264 Å². The maximum absolute atomic E-state index is 2.54. The summed E-state index contributed by atoms with van der Waals surface area (Å²) in [5, 5.41) is 0. The van der Waals surface area contributed by atoms with Crippen LogP contribution in [0.2, 0.25) is 0 Å². The number of hydrogen-bond acceptors (Lipinski definition) is 1. The van der Waals surface area contributed by atoms with E-state index in [-0.39, 0.29) is 10.8 Å². The fraction of sp³-hybridized carbons (Fsp3) is 0.0886. The monoisotopic (exact) mass is 1020 g/mol. The van der Waals surface area contributed by atoms with Gasteiger partial charge in [0, 0.05) is 27.9 Å². The van der Waals surface area contributed by atoms with Crippen molar-refractivity contribution in [3.8, 4) is 77.9 Å². The summed E-state index contributed by atoms with van der Waals surface area (Å²) in [4.78, 5) is 2.54. The van der Waals surface area contributed by atoms with Crippen molar-refractivity contribution in [1.82, 2.24) is 0 Å². The summed E-state index contributed by atoms with van der Waals surface area (Å²) in [6, 6.07) is 107. The SMILES string of the molecule is CC1(C)c2cc(-c3ccc(-c4ccccc4)cc3)ccc2-c2ccc(N(c3ccc4c(c3)C(C)(C)c3cc(-c5ccc(-c6ccccc6)cc5)ccc3-4)c3ccc4c(c3)C(c3ccccc3)(c3ccccc3)c3ccccc3-4)cc21. The Morgan fingerprint density at radius 1 is 0.212 bits per heavy atom.